The molecule has 410 valence electrons. The van der Waals surface area contributed by atoms with Crippen molar-refractivity contribution in [3.05, 3.63) is 309 Å². The maximum atomic E-state index is 10.7. The van der Waals surface area contributed by atoms with Crippen LogP contribution >= 0.6 is 0 Å². The van der Waals surface area contributed by atoms with Crippen LogP contribution < -0.4 is 0 Å². The molecule has 8 nitrogen and oxygen atoms in total. The second-order valence-corrected chi connectivity index (χ2v) is 21.9. The lowest BCUT2D eigenvalue weighted by molar-refractivity contribution is 1.09. The first-order chi connectivity index (χ1) is 43.6. The Morgan fingerprint density at radius 2 is 0.523 bits per heavy atom. The summed E-state index contributed by atoms with van der Waals surface area (Å²) in [5.41, 5.74) is 22.7. The highest BCUT2D eigenvalue weighted by molar-refractivity contribution is 6.14. The van der Waals surface area contributed by atoms with Gasteiger partial charge in [-0.1, -0.05) is 206 Å². The van der Waals surface area contributed by atoms with Crippen LogP contribution in [0.4, 0.5) is 0 Å². The molecule has 16 aromatic rings. The maximum Gasteiger partial charge on any atom is 0.0991 e. The number of nitriles is 1. The summed E-state index contributed by atoms with van der Waals surface area (Å²) in [6, 6.07) is 103. The number of aromatic nitrogens is 7. The summed E-state index contributed by atoms with van der Waals surface area (Å²) in [4.78, 5) is 26.4. The van der Waals surface area contributed by atoms with Gasteiger partial charge in [0.15, 0.2) is 0 Å². The largest absolute Gasteiger partial charge is 0.307 e. The molecule has 9 aromatic carbocycles. The third-order valence-electron chi connectivity index (χ3n) is 16.7. The van der Waals surface area contributed by atoms with Crippen LogP contribution in [0.1, 0.15) is 5.56 Å². The highest BCUT2D eigenvalue weighted by Gasteiger charge is 2.25. The molecule has 0 fully saturated rings. The quantitative estimate of drug-likeness (QED) is 0.128. The average Bonchev–Trinajstić information content (AvgIpc) is 1.62. The summed E-state index contributed by atoms with van der Waals surface area (Å²) < 4.78 is 4.71. The number of fused-ring (bicyclic) bond motifs is 6. The average molecular weight is 1120 g/mol. The molecule has 88 heavy (non-hydrogen) atoms. The predicted molar refractivity (Wildman–Crippen MR) is 358 cm³/mol. The first kappa shape index (κ1) is 51.5. The summed E-state index contributed by atoms with van der Waals surface area (Å²) >= 11 is 0. The Hall–Kier alpha value is -12.2. The molecule has 7 aromatic heterocycles. The Labute approximate surface area is 507 Å². The number of pyridine rings is 5. The molecule has 0 radical (unpaired) electrons. The number of hydrogen-bond donors (Lipinski definition) is 0. The van der Waals surface area contributed by atoms with Crippen LogP contribution in [-0.2, 0) is 0 Å². The highest BCUT2D eigenvalue weighted by Crippen LogP contribution is 2.45. The maximum absolute atomic E-state index is 10.7. The van der Waals surface area contributed by atoms with Gasteiger partial charge in [0.1, 0.15) is 0 Å². The zero-order chi connectivity index (χ0) is 58.5. The number of rotatable bonds is 11. The van der Waals surface area contributed by atoms with Gasteiger partial charge in [0.2, 0.25) is 0 Å². The smallest absolute Gasteiger partial charge is 0.0991 e. The van der Waals surface area contributed by atoms with Gasteiger partial charge in [-0.2, -0.15) is 5.26 Å². The molecule has 16 rings (SSSR count). The Bertz CT molecular complexity index is 4810. The lowest BCUT2D eigenvalue weighted by Crippen LogP contribution is -2.05. The molecule has 7 heterocycles. The first-order valence-corrected chi connectivity index (χ1v) is 29.3. The molecule has 8 heteroatoms. The van der Waals surface area contributed by atoms with Crippen molar-refractivity contribution in [1.29, 1.82) is 5.26 Å². The van der Waals surface area contributed by atoms with Gasteiger partial charge in [0.25, 0.3) is 0 Å². The van der Waals surface area contributed by atoms with Crippen LogP contribution in [0.15, 0.2) is 304 Å². The third-order valence-corrected chi connectivity index (χ3v) is 16.7. The molecule has 0 N–H and O–H groups in total. The van der Waals surface area contributed by atoms with Crippen molar-refractivity contribution >= 4 is 43.6 Å². The van der Waals surface area contributed by atoms with Crippen molar-refractivity contribution in [2.24, 2.45) is 0 Å². The van der Waals surface area contributed by atoms with E-state index in [-0.39, 0.29) is 0 Å². The van der Waals surface area contributed by atoms with E-state index in [0.717, 1.165) is 156 Å². The van der Waals surface area contributed by atoms with Crippen molar-refractivity contribution in [1.82, 2.24) is 34.1 Å². The molecule has 0 amide bonds. The normalized spacial score (nSPS) is 11.4. The van der Waals surface area contributed by atoms with Crippen molar-refractivity contribution < 1.29 is 0 Å². The van der Waals surface area contributed by atoms with Gasteiger partial charge in [-0.05, 0) is 90.5 Å². The Kier molecular flexibility index (Phi) is 12.7. The van der Waals surface area contributed by atoms with E-state index in [1.807, 2.05) is 103 Å². The summed E-state index contributed by atoms with van der Waals surface area (Å²) in [6.45, 7) is 0. The molecular weight excluding hydrogens is 1070 g/mol. The molecule has 0 unspecified atom stereocenters. The fourth-order valence-corrected chi connectivity index (χ4v) is 12.5. The Morgan fingerprint density at radius 3 is 0.818 bits per heavy atom. The van der Waals surface area contributed by atoms with Crippen LogP contribution in [-0.4, -0.2) is 34.1 Å². The van der Waals surface area contributed by atoms with Crippen molar-refractivity contribution in [3.63, 3.8) is 0 Å². The number of hydrogen-bond acceptors (Lipinski definition) is 6. The topological polar surface area (TPSA) is 98.1 Å². The van der Waals surface area contributed by atoms with Crippen molar-refractivity contribution in [2.45, 2.75) is 0 Å². The van der Waals surface area contributed by atoms with Crippen molar-refractivity contribution in [2.75, 3.05) is 0 Å². The van der Waals surface area contributed by atoms with Crippen LogP contribution in [0.3, 0.4) is 0 Å². The van der Waals surface area contributed by atoms with E-state index in [0.29, 0.717) is 5.56 Å². The van der Waals surface area contributed by atoms with E-state index in [4.69, 9.17) is 24.9 Å². The van der Waals surface area contributed by atoms with Gasteiger partial charge in [0.05, 0.1) is 103 Å². The number of benzene rings is 9. The molecule has 0 saturated carbocycles. The van der Waals surface area contributed by atoms with E-state index >= 15 is 0 Å². The zero-order valence-corrected chi connectivity index (χ0v) is 47.4. The van der Waals surface area contributed by atoms with Gasteiger partial charge in [-0.15, -0.1) is 0 Å². The minimum absolute atomic E-state index is 0.535. The standard InChI is InChI=1S/C80H50N8/c81-49-52-18-13-27-61(44-52)80-78(87-74-45-57(70-32-14-28-66(83-70)53-19-5-1-6-20-53)36-40-62(74)63-41-37-58(46-75(63)87)71-33-15-29-67(84-71)54-21-7-2-8-22-54)50-82-51-79(80)88-76-47-59(72-34-16-30-68(85-72)55-23-9-3-10-24-55)38-42-64(76)65-43-39-60(48-77(65)88)73-35-17-31-69(86-73)56-25-11-4-12-26-56/h1-48,50-51H. The summed E-state index contributed by atoms with van der Waals surface area (Å²) in [5, 5.41) is 14.9. The van der Waals surface area contributed by atoms with Gasteiger partial charge >= 0.3 is 0 Å². The molecule has 0 spiro atoms. The lowest BCUT2D eigenvalue weighted by atomic mass is 10.00. The molecule has 0 aliphatic rings. The molecule has 0 aliphatic heterocycles. The summed E-state index contributed by atoms with van der Waals surface area (Å²) in [6.07, 6.45) is 3.95. The highest BCUT2D eigenvalue weighted by atomic mass is 15.0. The fourth-order valence-electron chi connectivity index (χ4n) is 12.5. The van der Waals surface area contributed by atoms with E-state index in [1.165, 1.54) is 0 Å². The van der Waals surface area contributed by atoms with E-state index < -0.39 is 0 Å². The third kappa shape index (κ3) is 9.24. The van der Waals surface area contributed by atoms with Crippen LogP contribution in [0, 0.1) is 11.3 Å². The second kappa shape index (κ2) is 21.8. The van der Waals surface area contributed by atoms with Crippen LogP contribution in [0.25, 0.3) is 156 Å². The first-order valence-electron chi connectivity index (χ1n) is 29.3. The predicted octanol–water partition coefficient (Wildman–Crippen LogP) is 19.7. The molecule has 0 saturated heterocycles. The Balaban J connectivity index is 0.984. The summed E-state index contributed by atoms with van der Waals surface area (Å²) in [5.74, 6) is 0. The minimum Gasteiger partial charge on any atom is -0.307 e. The van der Waals surface area contributed by atoms with E-state index in [9.17, 15) is 5.26 Å². The van der Waals surface area contributed by atoms with Gasteiger partial charge in [0, 0.05) is 71.6 Å². The molecule has 0 aliphatic carbocycles. The van der Waals surface area contributed by atoms with E-state index in [1.54, 1.807) is 0 Å². The zero-order valence-electron chi connectivity index (χ0n) is 47.4. The minimum atomic E-state index is 0.535. The fraction of sp³-hybridized carbons (Fsp3) is 0. The van der Waals surface area contributed by atoms with Crippen molar-refractivity contribution in [3.8, 4) is 119 Å². The van der Waals surface area contributed by atoms with E-state index in [2.05, 4.69) is 215 Å². The van der Waals surface area contributed by atoms with Gasteiger partial charge in [-0.25, -0.2) is 19.9 Å². The second-order valence-electron chi connectivity index (χ2n) is 21.9. The molecule has 0 bridgehead atoms. The monoisotopic (exact) mass is 1120 g/mol. The Morgan fingerprint density at radius 1 is 0.250 bits per heavy atom. The molecule has 0 atom stereocenters. The lowest BCUT2D eigenvalue weighted by Gasteiger charge is -2.20. The van der Waals surface area contributed by atoms with Crippen LogP contribution in [0.2, 0.25) is 0 Å². The van der Waals surface area contributed by atoms with Crippen LogP contribution in [0.5, 0.6) is 0 Å². The molecular formula is C80H50N8. The van der Waals surface area contributed by atoms with Gasteiger partial charge < -0.3 is 9.13 Å². The number of nitrogens with zero attached hydrogens (tertiary/aromatic N) is 8. The SMILES string of the molecule is N#Cc1cccc(-c2c(-n3c4cc(-c5cccc(-c6ccccc6)n5)ccc4c4ccc(-c5cccc(-c6ccccc6)n5)cc43)cncc2-n2c3cc(-c4cccc(-c5ccccc5)n4)ccc3c3ccc(-c4cccc(-c5ccccc5)n4)cc32)c1. The van der Waals surface area contributed by atoms with Gasteiger partial charge in [-0.3, -0.25) is 4.98 Å². The summed E-state index contributed by atoms with van der Waals surface area (Å²) in [7, 11) is 0.